The average molecular weight is 471 g/mol. The molecule has 8 heteroatoms. The monoisotopic (exact) mass is 469 g/mol. The third-order valence-corrected chi connectivity index (χ3v) is 5.46. The van der Waals surface area contributed by atoms with Gasteiger partial charge in [0.15, 0.2) is 11.5 Å². The van der Waals surface area contributed by atoms with Crippen molar-refractivity contribution in [1.82, 2.24) is 5.32 Å². The normalized spacial score (nSPS) is 15.3. The van der Waals surface area contributed by atoms with Crippen molar-refractivity contribution in [2.45, 2.75) is 6.61 Å². The maximum Gasteiger partial charge on any atom is 0.263 e. The molecule has 1 amide bonds. The number of hydrogen-bond acceptors (Lipinski definition) is 5. The Morgan fingerprint density at radius 3 is 2.65 bits per heavy atom. The van der Waals surface area contributed by atoms with E-state index < -0.39 is 0 Å². The van der Waals surface area contributed by atoms with Gasteiger partial charge in [0, 0.05) is 4.47 Å². The van der Waals surface area contributed by atoms with Gasteiger partial charge in [-0.3, -0.25) is 4.79 Å². The van der Waals surface area contributed by atoms with Crippen molar-refractivity contribution in [2.75, 3.05) is 7.11 Å². The molecule has 1 fully saturated rings. The van der Waals surface area contributed by atoms with E-state index in [1.807, 2.05) is 24.3 Å². The molecule has 0 aromatic heterocycles. The Labute approximate surface area is 174 Å². The molecule has 134 valence electrons. The van der Waals surface area contributed by atoms with E-state index in [0.29, 0.717) is 32.4 Å². The first-order valence-corrected chi connectivity index (χ1v) is 9.85. The summed E-state index contributed by atoms with van der Waals surface area (Å²) in [4.78, 5) is 12.3. The molecule has 3 rings (SSSR count). The van der Waals surface area contributed by atoms with Gasteiger partial charge >= 0.3 is 0 Å². The summed E-state index contributed by atoms with van der Waals surface area (Å²) in [7, 11) is 1.54. The fourth-order valence-electron chi connectivity index (χ4n) is 2.27. The Morgan fingerprint density at radius 2 is 2.04 bits per heavy atom. The van der Waals surface area contributed by atoms with Gasteiger partial charge in [-0.1, -0.05) is 63.6 Å². The highest BCUT2D eigenvalue weighted by atomic mass is 79.9. The number of amides is 1. The molecule has 0 saturated carbocycles. The van der Waals surface area contributed by atoms with Crippen LogP contribution in [0.3, 0.4) is 0 Å². The lowest BCUT2D eigenvalue weighted by Crippen LogP contribution is -2.17. The van der Waals surface area contributed by atoms with Gasteiger partial charge in [-0.2, -0.15) is 0 Å². The minimum absolute atomic E-state index is 0.217. The van der Waals surface area contributed by atoms with E-state index in [1.165, 1.54) is 11.8 Å². The third-order valence-electron chi connectivity index (χ3n) is 3.49. The molecule has 0 radical (unpaired) electrons. The van der Waals surface area contributed by atoms with Crippen LogP contribution in [-0.4, -0.2) is 17.3 Å². The number of halogens is 2. The van der Waals surface area contributed by atoms with Crippen LogP contribution >= 0.6 is 51.5 Å². The highest BCUT2D eigenvalue weighted by molar-refractivity contribution is 9.10. The second-order valence-corrected chi connectivity index (χ2v) is 8.34. The molecule has 0 bridgehead atoms. The van der Waals surface area contributed by atoms with Crippen LogP contribution in [-0.2, 0) is 11.4 Å². The zero-order valence-corrected chi connectivity index (χ0v) is 17.5. The zero-order chi connectivity index (χ0) is 18.7. The fraction of sp³-hybridized carbons (Fsp3) is 0.111. The smallest absolute Gasteiger partial charge is 0.263 e. The summed E-state index contributed by atoms with van der Waals surface area (Å²) in [5.41, 5.74) is 1.73. The Morgan fingerprint density at radius 1 is 1.31 bits per heavy atom. The molecular formula is C18H13BrClNO3S2. The number of nitrogens with one attached hydrogen (secondary N) is 1. The van der Waals surface area contributed by atoms with Gasteiger partial charge in [-0.25, -0.2) is 0 Å². The molecule has 2 aromatic rings. The maximum absolute atomic E-state index is 11.8. The predicted molar refractivity (Wildman–Crippen MR) is 113 cm³/mol. The molecule has 1 N–H and O–H groups in total. The van der Waals surface area contributed by atoms with Crippen molar-refractivity contribution >= 4 is 67.8 Å². The number of methoxy groups -OCH3 is 1. The molecule has 0 spiro atoms. The van der Waals surface area contributed by atoms with Gasteiger partial charge in [-0.15, -0.1) is 0 Å². The summed E-state index contributed by atoms with van der Waals surface area (Å²) in [6.07, 6.45) is 1.71. The van der Waals surface area contributed by atoms with Crippen LogP contribution in [0.1, 0.15) is 11.1 Å². The SMILES string of the molecule is COc1cc(/C=C2\SC(=S)NC2=O)cc(Cl)c1OCc1ccc(Br)cc1. The topological polar surface area (TPSA) is 47.6 Å². The minimum atomic E-state index is -0.217. The van der Waals surface area contributed by atoms with Crippen LogP contribution in [0.5, 0.6) is 11.5 Å². The first-order chi connectivity index (χ1) is 12.5. The summed E-state index contributed by atoms with van der Waals surface area (Å²) >= 11 is 16.0. The molecule has 1 saturated heterocycles. The summed E-state index contributed by atoms with van der Waals surface area (Å²) in [6.45, 7) is 0.357. The molecule has 26 heavy (non-hydrogen) atoms. The zero-order valence-electron chi connectivity index (χ0n) is 13.5. The van der Waals surface area contributed by atoms with Crippen molar-refractivity contribution < 1.29 is 14.3 Å². The molecule has 2 aromatic carbocycles. The highest BCUT2D eigenvalue weighted by Crippen LogP contribution is 2.38. The van der Waals surface area contributed by atoms with E-state index in [1.54, 1.807) is 25.3 Å². The number of carbonyl (C=O) groups is 1. The molecular weight excluding hydrogens is 458 g/mol. The first-order valence-electron chi connectivity index (χ1n) is 7.46. The van der Waals surface area contributed by atoms with Crippen LogP contribution in [0.2, 0.25) is 5.02 Å². The lowest BCUT2D eigenvalue weighted by atomic mass is 10.1. The van der Waals surface area contributed by atoms with E-state index in [0.717, 1.165) is 15.6 Å². The molecule has 1 aliphatic heterocycles. The van der Waals surface area contributed by atoms with Gasteiger partial charge in [0.2, 0.25) is 0 Å². The van der Waals surface area contributed by atoms with Crippen LogP contribution in [0.4, 0.5) is 0 Å². The number of thiocarbonyl (C=S) groups is 1. The average Bonchev–Trinajstić information content (AvgIpc) is 2.92. The Hall–Kier alpha value is -1.54. The molecule has 1 heterocycles. The second kappa shape index (κ2) is 8.43. The number of rotatable bonds is 5. The quantitative estimate of drug-likeness (QED) is 0.482. The van der Waals surface area contributed by atoms with E-state index in [9.17, 15) is 4.79 Å². The summed E-state index contributed by atoms with van der Waals surface area (Å²) < 4.78 is 12.7. The summed E-state index contributed by atoms with van der Waals surface area (Å²) in [5, 5.41) is 2.98. The van der Waals surface area contributed by atoms with E-state index in [-0.39, 0.29) is 5.91 Å². The summed E-state index contributed by atoms with van der Waals surface area (Å²) in [6, 6.07) is 11.3. The first kappa shape index (κ1) is 19.2. The molecule has 1 aliphatic rings. The number of carbonyl (C=O) groups excluding carboxylic acids is 1. The Bertz CT molecular complexity index is 900. The number of thioether (sulfide) groups is 1. The largest absolute Gasteiger partial charge is 0.493 e. The Kier molecular flexibility index (Phi) is 6.24. The van der Waals surface area contributed by atoms with Crippen molar-refractivity contribution in [3.05, 3.63) is 61.9 Å². The van der Waals surface area contributed by atoms with E-state index in [4.69, 9.17) is 33.3 Å². The molecule has 0 unspecified atom stereocenters. The minimum Gasteiger partial charge on any atom is -0.493 e. The van der Waals surface area contributed by atoms with Gasteiger partial charge in [0.05, 0.1) is 17.0 Å². The lowest BCUT2D eigenvalue weighted by Gasteiger charge is -2.13. The third kappa shape index (κ3) is 4.59. The van der Waals surface area contributed by atoms with Crippen LogP contribution in [0.25, 0.3) is 6.08 Å². The fourth-order valence-corrected chi connectivity index (χ4v) is 3.85. The predicted octanol–water partition coefficient (Wildman–Crippen LogP) is 5.18. The molecule has 4 nitrogen and oxygen atoms in total. The second-order valence-electron chi connectivity index (χ2n) is 5.30. The van der Waals surface area contributed by atoms with Crippen molar-refractivity contribution in [2.24, 2.45) is 0 Å². The van der Waals surface area contributed by atoms with Gasteiger partial charge in [-0.05, 0) is 41.5 Å². The van der Waals surface area contributed by atoms with Gasteiger partial charge in [0.25, 0.3) is 5.91 Å². The van der Waals surface area contributed by atoms with Gasteiger partial charge < -0.3 is 14.8 Å². The number of benzene rings is 2. The lowest BCUT2D eigenvalue weighted by molar-refractivity contribution is -0.115. The number of hydrogen-bond donors (Lipinski definition) is 1. The van der Waals surface area contributed by atoms with Gasteiger partial charge in [0.1, 0.15) is 10.9 Å². The van der Waals surface area contributed by atoms with Crippen molar-refractivity contribution in [3.8, 4) is 11.5 Å². The number of ether oxygens (including phenoxy) is 2. The highest BCUT2D eigenvalue weighted by Gasteiger charge is 2.22. The van der Waals surface area contributed by atoms with E-state index in [2.05, 4.69) is 21.2 Å². The Balaban J connectivity index is 1.83. The van der Waals surface area contributed by atoms with E-state index >= 15 is 0 Å². The molecule has 0 aliphatic carbocycles. The van der Waals surface area contributed by atoms with Crippen LogP contribution < -0.4 is 14.8 Å². The molecule has 0 atom stereocenters. The van der Waals surface area contributed by atoms with Crippen molar-refractivity contribution in [1.29, 1.82) is 0 Å². The van der Waals surface area contributed by atoms with Crippen LogP contribution in [0, 0.1) is 0 Å². The van der Waals surface area contributed by atoms with Crippen LogP contribution in [0.15, 0.2) is 45.8 Å². The van der Waals surface area contributed by atoms with Crippen molar-refractivity contribution in [3.63, 3.8) is 0 Å². The maximum atomic E-state index is 11.8. The summed E-state index contributed by atoms with van der Waals surface area (Å²) in [5.74, 6) is 0.733. The standard InChI is InChI=1S/C18H13BrClNO3S2/c1-23-14-7-11(8-15-17(22)21-18(25)26-15)6-13(20)16(14)24-9-10-2-4-12(19)5-3-10/h2-8H,9H2,1H3,(H,21,22,25)/b15-8-.